The number of hydrogen-bond donors (Lipinski definition) is 2. The van der Waals surface area contributed by atoms with Crippen molar-refractivity contribution in [1.29, 1.82) is 0 Å². The lowest BCUT2D eigenvalue weighted by Gasteiger charge is -2.30. The van der Waals surface area contributed by atoms with Crippen molar-refractivity contribution in [3.63, 3.8) is 0 Å². The fourth-order valence-corrected chi connectivity index (χ4v) is 2.65. The van der Waals surface area contributed by atoms with Gasteiger partial charge in [0.15, 0.2) is 6.39 Å². The van der Waals surface area contributed by atoms with E-state index in [1.165, 1.54) is 19.2 Å². The number of nitrogens with one attached hydrogen (secondary N) is 2. The lowest BCUT2D eigenvalue weighted by atomic mass is 10.0. The first-order valence-corrected chi connectivity index (χ1v) is 7.27. The Bertz CT molecular complexity index is 470. The van der Waals surface area contributed by atoms with E-state index in [2.05, 4.69) is 15.6 Å². The largest absolute Gasteiger partial charge is 0.448 e. The van der Waals surface area contributed by atoms with Gasteiger partial charge in [-0.15, -0.1) is 0 Å². The molecule has 6 heteroatoms. The summed E-state index contributed by atoms with van der Waals surface area (Å²) in [6, 6.07) is 0.0709. The first kappa shape index (κ1) is 13.4. The molecule has 0 aromatic carbocycles. The average Bonchev–Trinajstić information content (AvgIpc) is 3.21. The van der Waals surface area contributed by atoms with Crippen molar-refractivity contribution in [2.24, 2.45) is 5.92 Å². The lowest BCUT2D eigenvalue weighted by Crippen LogP contribution is -2.46. The van der Waals surface area contributed by atoms with Gasteiger partial charge in [0.1, 0.15) is 11.5 Å². The monoisotopic (exact) mass is 279 g/mol. The first-order chi connectivity index (χ1) is 9.72. The van der Waals surface area contributed by atoms with Gasteiger partial charge in [-0.2, -0.15) is 0 Å². The third-order valence-electron chi connectivity index (χ3n) is 4.06. The molecule has 2 N–H and O–H groups in total. The zero-order chi connectivity index (χ0) is 13.9. The Morgan fingerprint density at radius 2 is 2.30 bits per heavy atom. The van der Waals surface area contributed by atoms with E-state index in [9.17, 15) is 4.79 Å². The van der Waals surface area contributed by atoms with Crippen LogP contribution in [0.1, 0.15) is 37.1 Å². The second-order valence-electron chi connectivity index (χ2n) is 5.65. The number of nitrogens with zero attached hydrogens (tertiary/aromatic N) is 1. The highest BCUT2D eigenvalue weighted by Gasteiger charge is 2.36. The van der Waals surface area contributed by atoms with E-state index in [0.29, 0.717) is 12.6 Å². The molecule has 1 aromatic rings. The number of ether oxygens (including phenoxy) is 1. The number of hydrogen-bond acceptors (Lipinski definition) is 4. The Kier molecular flexibility index (Phi) is 3.91. The molecule has 1 saturated heterocycles. The molecule has 110 valence electrons. The molecular formula is C14H21N3O3. The van der Waals surface area contributed by atoms with Crippen LogP contribution in [-0.2, 0) is 11.3 Å². The summed E-state index contributed by atoms with van der Waals surface area (Å²) in [6.45, 7) is 2.97. The van der Waals surface area contributed by atoms with Gasteiger partial charge < -0.3 is 19.8 Å². The number of carbonyl (C=O) groups is 1. The molecule has 1 aliphatic heterocycles. The number of urea groups is 1. The summed E-state index contributed by atoms with van der Waals surface area (Å²) in [5.74, 6) is 1.46. The molecular weight excluding hydrogens is 258 g/mol. The van der Waals surface area contributed by atoms with Gasteiger partial charge >= 0.3 is 6.03 Å². The van der Waals surface area contributed by atoms with E-state index < -0.39 is 0 Å². The van der Waals surface area contributed by atoms with Crippen LogP contribution in [0, 0.1) is 12.8 Å². The summed E-state index contributed by atoms with van der Waals surface area (Å²) >= 11 is 0. The minimum atomic E-state index is -0.145. The minimum Gasteiger partial charge on any atom is -0.448 e. The molecule has 2 fully saturated rings. The van der Waals surface area contributed by atoms with E-state index in [1.54, 1.807) is 0 Å². The molecule has 0 unspecified atom stereocenters. The van der Waals surface area contributed by atoms with Gasteiger partial charge in [0.25, 0.3) is 0 Å². The zero-order valence-electron chi connectivity index (χ0n) is 11.7. The lowest BCUT2D eigenvalue weighted by molar-refractivity contribution is -0.00914. The average molecular weight is 279 g/mol. The Morgan fingerprint density at radius 3 is 3.00 bits per heavy atom. The summed E-state index contributed by atoms with van der Waals surface area (Å²) < 4.78 is 10.8. The second kappa shape index (κ2) is 5.83. The highest BCUT2D eigenvalue weighted by molar-refractivity contribution is 5.74. The molecule has 2 amide bonds. The topological polar surface area (TPSA) is 76.4 Å². The molecule has 0 radical (unpaired) electrons. The van der Waals surface area contributed by atoms with Crippen molar-refractivity contribution in [1.82, 2.24) is 15.6 Å². The fourth-order valence-electron chi connectivity index (χ4n) is 2.65. The number of rotatable bonds is 4. The Morgan fingerprint density at radius 1 is 1.45 bits per heavy atom. The second-order valence-corrected chi connectivity index (χ2v) is 5.65. The van der Waals surface area contributed by atoms with Crippen LogP contribution in [0.4, 0.5) is 4.79 Å². The maximum absolute atomic E-state index is 11.9. The quantitative estimate of drug-likeness (QED) is 0.880. The highest BCUT2D eigenvalue weighted by atomic mass is 16.5. The molecule has 2 aliphatic rings. The summed E-state index contributed by atoms with van der Waals surface area (Å²) in [5.41, 5.74) is 0.767. The molecule has 2 atom stereocenters. The molecule has 20 heavy (non-hydrogen) atoms. The molecule has 0 spiro atoms. The highest BCUT2D eigenvalue weighted by Crippen LogP contribution is 2.38. The van der Waals surface area contributed by atoms with Crippen molar-refractivity contribution in [3.05, 3.63) is 17.8 Å². The number of aromatic nitrogens is 1. The number of aryl methyl sites for hydroxylation is 1. The summed E-state index contributed by atoms with van der Waals surface area (Å²) in [6.07, 6.45) is 6.10. The first-order valence-electron chi connectivity index (χ1n) is 7.27. The van der Waals surface area contributed by atoms with Crippen LogP contribution in [-0.4, -0.2) is 29.8 Å². The van der Waals surface area contributed by atoms with Crippen LogP contribution >= 0.6 is 0 Å². The van der Waals surface area contributed by atoms with Crippen molar-refractivity contribution in [3.8, 4) is 0 Å². The van der Waals surface area contributed by atoms with Crippen LogP contribution in [0.15, 0.2) is 10.8 Å². The Labute approximate surface area is 118 Å². The van der Waals surface area contributed by atoms with E-state index >= 15 is 0 Å². The normalized spacial score (nSPS) is 26.2. The van der Waals surface area contributed by atoms with Gasteiger partial charge in [-0.05, 0) is 38.5 Å². The van der Waals surface area contributed by atoms with Gasteiger partial charge in [0.2, 0.25) is 0 Å². The number of amides is 2. The summed E-state index contributed by atoms with van der Waals surface area (Å²) in [4.78, 5) is 15.9. The van der Waals surface area contributed by atoms with Crippen LogP contribution in [0.5, 0.6) is 0 Å². The van der Waals surface area contributed by atoms with Gasteiger partial charge in [-0.1, -0.05) is 0 Å². The van der Waals surface area contributed by atoms with Crippen LogP contribution in [0.2, 0.25) is 0 Å². The summed E-state index contributed by atoms with van der Waals surface area (Å²) in [7, 11) is 0. The van der Waals surface area contributed by atoms with Gasteiger partial charge in [-0.3, -0.25) is 0 Å². The molecule has 1 aromatic heterocycles. The maximum atomic E-state index is 11.9. The van der Waals surface area contributed by atoms with Crippen molar-refractivity contribution in [2.75, 3.05) is 6.61 Å². The van der Waals surface area contributed by atoms with E-state index in [0.717, 1.165) is 36.8 Å². The van der Waals surface area contributed by atoms with Crippen molar-refractivity contribution < 1.29 is 13.9 Å². The predicted octanol–water partition coefficient (Wildman–Crippen LogP) is 1.74. The maximum Gasteiger partial charge on any atom is 0.315 e. The zero-order valence-corrected chi connectivity index (χ0v) is 11.7. The van der Waals surface area contributed by atoms with E-state index in [-0.39, 0.29) is 12.1 Å². The molecule has 0 bridgehead atoms. The van der Waals surface area contributed by atoms with Gasteiger partial charge in [0, 0.05) is 12.6 Å². The predicted molar refractivity (Wildman–Crippen MR) is 72.1 cm³/mol. The van der Waals surface area contributed by atoms with E-state index in [1.807, 2.05) is 6.92 Å². The summed E-state index contributed by atoms with van der Waals surface area (Å²) in [5, 5.41) is 5.84. The fraction of sp³-hybridized carbons (Fsp3) is 0.714. The van der Waals surface area contributed by atoms with Crippen LogP contribution in [0.3, 0.4) is 0 Å². The van der Waals surface area contributed by atoms with E-state index in [4.69, 9.17) is 9.15 Å². The third kappa shape index (κ3) is 3.30. The smallest absolute Gasteiger partial charge is 0.315 e. The van der Waals surface area contributed by atoms with Crippen molar-refractivity contribution in [2.45, 2.75) is 51.3 Å². The third-order valence-corrected chi connectivity index (χ3v) is 4.06. The Hall–Kier alpha value is -1.56. The van der Waals surface area contributed by atoms with Crippen LogP contribution < -0.4 is 10.6 Å². The van der Waals surface area contributed by atoms with Gasteiger partial charge in [0.05, 0.1) is 12.6 Å². The molecule has 2 heterocycles. The van der Waals surface area contributed by atoms with Gasteiger partial charge in [-0.25, -0.2) is 9.78 Å². The molecule has 3 rings (SSSR count). The number of carbonyl (C=O) groups excluding carboxylic acids is 1. The number of oxazole rings is 1. The standard InChI is InChI=1S/C14H21N3O3/c1-9-12(16-8-20-9)7-15-14(18)17-11-4-5-19-13(6-11)10-2-3-10/h8,10-11,13H,2-7H2,1H3,(H2,15,17,18)/t11-,13-/m1/s1. The van der Waals surface area contributed by atoms with Crippen molar-refractivity contribution >= 4 is 6.03 Å². The molecule has 6 nitrogen and oxygen atoms in total. The Balaban J connectivity index is 1.42. The molecule has 1 saturated carbocycles. The molecule has 1 aliphatic carbocycles. The SMILES string of the molecule is Cc1ocnc1CNC(=O)N[C@@H]1CCO[C@@H](C2CC2)C1. The minimum absolute atomic E-state index is 0.145. The van der Waals surface area contributed by atoms with Crippen LogP contribution in [0.25, 0.3) is 0 Å².